The van der Waals surface area contributed by atoms with Gasteiger partial charge in [-0.15, -0.1) is 5.10 Å². The molecule has 1 aromatic rings. The number of carbonyl (C=O) groups excluding carboxylic acids is 2. The molecule has 8 nitrogen and oxygen atoms in total. The molecule has 206 valence electrons. The fraction of sp³-hybridized carbons (Fsp3) is 0.533. The second kappa shape index (κ2) is 14.5. The lowest BCUT2D eigenvalue weighted by molar-refractivity contribution is -0.125. The molecule has 2 aliphatic rings. The molecule has 1 N–H and O–H groups in total. The van der Waals surface area contributed by atoms with Gasteiger partial charge in [0.2, 0.25) is 5.91 Å². The summed E-state index contributed by atoms with van der Waals surface area (Å²) in [6.45, 7) is 13.3. The molecule has 2 heterocycles. The molecule has 1 aliphatic heterocycles. The van der Waals surface area contributed by atoms with E-state index < -0.39 is 6.04 Å². The normalized spacial score (nSPS) is 21.9. The number of carbonyl (C=O) groups is 2. The van der Waals surface area contributed by atoms with Crippen molar-refractivity contribution in [3.8, 4) is 0 Å². The van der Waals surface area contributed by atoms with E-state index in [-0.39, 0.29) is 11.9 Å². The lowest BCUT2D eigenvalue weighted by Gasteiger charge is -2.28. The van der Waals surface area contributed by atoms with Crippen LogP contribution in [0.4, 0.5) is 0 Å². The Kier molecular flexibility index (Phi) is 11.1. The van der Waals surface area contributed by atoms with Crippen molar-refractivity contribution >= 4 is 12.2 Å². The number of likely N-dealkylation sites (N-methyl/N-ethyl adjacent to an activating group) is 1. The summed E-state index contributed by atoms with van der Waals surface area (Å²) >= 11 is 0. The van der Waals surface area contributed by atoms with Crippen LogP contribution in [0, 0.1) is 5.92 Å². The Morgan fingerprint density at radius 2 is 2.16 bits per heavy atom. The van der Waals surface area contributed by atoms with Gasteiger partial charge in [0.05, 0.1) is 18.5 Å². The van der Waals surface area contributed by atoms with Crippen molar-refractivity contribution in [2.75, 3.05) is 13.6 Å². The zero-order valence-electron chi connectivity index (χ0n) is 23.2. The highest BCUT2D eigenvalue weighted by Crippen LogP contribution is 2.34. The van der Waals surface area contributed by atoms with Gasteiger partial charge in [0.25, 0.3) is 0 Å². The number of likely N-dealkylation sites (tertiary alicyclic amines) is 1. The third kappa shape index (κ3) is 7.79. The molecule has 1 saturated carbocycles. The van der Waals surface area contributed by atoms with Gasteiger partial charge in [-0.1, -0.05) is 42.2 Å². The third-order valence-electron chi connectivity index (χ3n) is 7.46. The second-order valence-electron chi connectivity index (χ2n) is 10.3. The van der Waals surface area contributed by atoms with Crippen LogP contribution in [0.2, 0.25) is 0 Å². The van der Waals surface area contributed by atoms with Crippen LogP contribution >= 0.6 is 0 Å². The summed E-state index contributed by atoms with van der Waals surface area (Å²) in [5.41, 5.74) is 4.72. The van der Waals surface area contributed by atoms with E-state index in [4.69, 9.17) is 4.74 Å². The molecule has 2 fully saturated rings. The van der Waals surface area contributed by atoms with Gasteiger partial charge in [0, 0.05) is 36.9 Å². The van der Waals surface area contributed by atoms with Gasteiger partial charge >= 0.3 is 0 Å². The molecule has 0 aromatic carbocycles. The minimum Gasteiger partial charge on any atom is -0.494 e. The van der Waals surface area contributed by atoms with Crippen molar-refractivity contribution in [1.29, 1.82) is 0 Å². The Bertz CT molecular complexity index is 1080. The molecule has 3 unspecified atom stereocenters. The van der Waals surface area contributed by atoms with Crippen LogP contribution in [-0.4, -0.2) is 51.7 Å². The molecule has 3 atom stereocenters. The van der Waals surface area contributed by atoms with E-state index >= 15 is 0 Å². The minimum atomic E-state index is -0.481. The van der Waals surface area contributed by atoms with Crippen molar-refractivity contribution in [2.45, 2.75) is 83.9 Å². The average Bonchev–Trinajstić information content (AvgIpc) is 3.51. The number of hydrogen-bond donors (Lipinski definition) is 1. The molecule has 1 aromatic heterocycles. The van der Waals surface area contributed by atoms with Crippen LogP contribution in [0.25, 0.3) is 0 Å². The first-order chi connectivity index (χ1) is 18.4. The smallest absolute Gasteiger partial charge is 0.242 e. The molecule has 0 radical (unpaired) electrons. The molecular weight excluding hydrogens is 478 g/mol. The predicted octanol–water partition coefficient (Wildman–Crippen LogP) is 5.19. The zero-order chi connectivity index (χ0) is 27.5. The van der Waals surface area contributed by atoms with E-state index in [1.807, 2.05) is 40.9 Å². The van der Waals surface area contributed by atoms with E-state index in [9.17, 15) is 9.59 Å². The highest BCUT2D eigenvalue weighted by atomic mass is 16.5. The number of rotatable bonds is 13. The predicted molar refractivity (Wildman–Crippen MR) is 150 cm³/mol. The summed E-state index contributed by atoms with van der Waals surface area (Å²) in [7, 11) is 1.60. The topological polar surface area (TPSA) is 89.4 Å². The fourth-order valence-electron chi connectivity index (χ4n) is 5.25. The van der Waals surface area contributed by atoms with Gasteiger partial charge in [-0.05, 0) is 64.7 Å². The average molecular weight is 522 g/mol. The molecule has 0 bridgehead atoms. The molecule has 8 heteroatoms. The van der Waals surface area contributed by atoms with Crippen molar-refractivity contribution in [3.05, 3.63) is 72.0 Å². The molecule has 38 heavy (non-hydrogen) atoms. The van der Waals surface area contributed by atoms with E-state index in [1.54, 1.807) is 13.3 Å². The first-order valence-corrected chi connectivity index (χ1v) is 13.7. The van der Waals surface area contributed by atoms with E-state index in [0.29, 0.717) is 26.0 Å². The summed E-state index contributed by atoms with van der Waals surface area (Å²) in [5, 5.41) is 11.4. The number of ether oxygens (including phenoxy) is 1. The summed E-state index contributed by atoms with van der Waals surface area (Å²) < 4.78 is 7.87. The van der Waals surface area contributed by atoms with Crippen LogP contribution in [0.1, 0.15) is 76.9 Å². The zero-order valence-corrected chi connectivity index (χ0v) is 23.2. The number of aldehydes is 1. The van der Waals surface area contributed by atoms with Crippen molar-refractivity contribution < 1.29 is 14.3 Å². The Morgan fingerprint density at radius 1 is 1.34 bits per heavy atom. The fourth-order valence-corrected chi connectivity index (χ4v) is 5.25. The van der Waals surface area contributed by atoms with Gasteiger partial charge < -0.3 is 19.7 Å². The monoisotopic (exact) mass is 521 g/mol. The molecular formula is C30H43N5O3. The molecule has 3 rings (SSSR count). The maximum Gasteiger partial charge on any atom is 0.242 e. The van der Waals surface area contributed by atoms with E-state index in [0.717, 1.165) is 47.6 Å². The quantitative estimate of drug-likeness (QED) is 0.218. The number of hydrogen-bond acceptors (Lipinski definition) is 6. The molecule has 1 saturated heterocycles. The van der Waals surface area contributed by atoms with Crippen LogP contribution in [0.3, 0.4) is 0 Å². The van der Waals surface area contributed by atoms with Crippen LogP contribution in [-0.2, 0) is 20.9 Å². The van der Waals surface area contributed by atoms with Gasteiger partial charge in [-0.25, -0.2) is 4.68 Å². The molecule has 0 spiro atoms. The largest absolute Gasteiger partial charge is 0.494 e. The lowest BCUT2D eigenvalue weighted by atomic mass is 9.83. The summed E-state index contributed by atoms with van der Waals surface area (Å²) in [5.74, 6) is 0.600. The highest BCUT2D eigenvalue weighted by Gasteiger charge is 2.34. The summed E-state index contributed by atoms with van der Waals surface area (Å²) in [6.07, 6.45) is 18.2. The molecule has 1 aliphatic carbocycles. The number of amides is 1. The minimum absolute atomic E-state index is 0.139. The maximum absolute atomic E-state index is 12.6. The first kappa shape index (κ1) is 29.1. The summed E-state index contributed by atoms with van der Waals surface area (Å²) in [4.78, 5) is 25.5. The van der Waals surface area contributed by atoms with Crippen molar-refractivity contribution in [2.24, 2.45) is 5.92 Å². The van der Waals surface area contributed by atoms with E-state index in [1.165, 1.54) is 31.3 Å². The Morgan fingerprint density at radius 3 is 2.87 bits per heavy atom. The van der Waals surface area contributed by atoms with E-state index in [2.05, 4.69) is 35.7 Å². The first-order valence-electron chi connectivity index (χ1n) is 13.7. The summed E-state index contributed by atoms with van der Waals surface area (Å²) in [6, 6.07) is -0.203. The highest BCUT2D eigenvalue weighted by molar-refractivity contribution is 5.82. The number of allylic oxidation sites excluding steroid dienone is 5. The van der Waals surface area contributed by atoms with Crippen LogP contribution in [0.15, 0.2) is 66.3 Å². The standard InChI is InChI=1S/C30H43N5O3/c1-6-7-12-28-24(4)34(29(13-9-16-36)30(37)31-5)18-26(28)20-38-21-27-19-35(33-32-27)23(3)14-15-25-11-8-10-22(2)17-25/h6-7,12,16,19-20,23,25,29H,2,4,8-11,13-15,17-18,21H2,1,3,5H3,(H,31,37)/b7-6-,26-20+,28-12-. The Hall–Kier alpha value is -3.42. The SMILES string of the molecule is C=C1CCCC(CCC(C)n2cc(CO\C=C3/CN(C(CCC=O)C(=O)NC)C(=C)/C3=C/C=C\C)nn2)C1. The number of aromatic nitrogens is 3. The second-order valence-corrected chi connectivity index (χ2v) is 10.3. The molecule has 1 amide bonds. The Labute approximate surface area is 227 Å². The van der Waals surface area contributed by atoms with Crippen molar-refractivity contribution in [1.82, 2.24) is 25.2 Å². The maximum atomic E-state index is 12.6. The lowest BCUT2D eigenvalue weighted by Crippen LogP contribution is -2.44. The Balaban J connectivity index is 1.62. The van der Waals surface area contributed by atoms with Crippen LogP contribution in [0.5, 0.6) is 0 Å². The van der Waals surface area contributed by atoms with Crippen molar-refractivity contribution in [3.63, 3.8) is 0 Å². The number of nitrogens with zero attached hydrogens (tertiary/aromatic N) is 4. The van der Waals surface area contributed by atoms with Gasteiger partial charge in [0.1, 0.15) is 24.6 Å². The number of nitrogens with one attached hydrogen (secondary N) is 1. The van der Waals surface area contributed by atoms with Gasteiger partial charge in [-0.2, -0.15) is 0 Å². The van der Waals surface area contributed by atoms with Gasteiger partial charge in [0.15, 0.2) is 0 Å². The van der Waals surface area contributed by atoms with Crippen LogP contribution < -0.4 is 5.32 Å². The third-order valence-corrected chi connectivity index (χ3v) is 7.46. The van der Waals surface area contributed by atoms with Gasteiger partial charge in [-0.3, -0.25) is 4.79 Å².